The minimum atomic E-state index is -0.0313. The van der Waals surface area contributed by atoms with Gasteiger partial charge < -0.3 is 9.64 Å². The summed E-state index contributed by atoms with van der Waals surface area (Å²) in [6.07, 6.45) is 3.78. The molecule has 0 amide bonds. The Morgan fingerprint density at radius 1 is 0.857 bits per heavy atom. The number of ether oxygens (including phenoxy) is 1. The minimum absolute atomic E-state index is 0.0313. The monoisotopic (exact) mass is 475 g/mol. The van der Waals surface area contributed by atoms with E-state index in [1.54, 1.807) is 0 Å². The van der Waals surface area contributed by atoms with E-state index in [0.717, 1.165) is 44.5 Å². The van der Waals surface area contributed by atoms with Crippen LogP contribution in [0.4, 0.5) is 0 Å². The van der Waals surface area contributed by atoms with Crippen molar-refractivity contribution in [3.05, 3.63) is 107 Å². The number of hydrogen-bond acceptors (Lipinski definition) is 3. The van der Waals surface area contributed by atoms with E-state index < -0.39 is 0 Å². The van der Waals surface area contributed by atoms with Crippen molar-refractivity contribution in [1.29, 1.82) is 0 Å². The number of benzene rings is 3. The molecule has 35 heavy (non-hydrogen) atoms. The van der Waals surface area contributed by atoms with Crippen molar-refractivity contribution >= 4 is 5.78 Å². The van der Waals surface area contributed by atoms with Crippen LogP contribution in [0.5, 0.6) is 0 Å². The molecule has 3 aromatic rings. The fourth-order valence-electron chi connectivity index (χ4n) is 4.83. The highest BCUT2D eigenvalue weighted by atomic mass is 16.5. The number of carbonyl (C=O) groups is 1. The third-order valence-corrected chi connectivity index (χ3v) is 7.02. The predicted molar refractivity (Wildman–Crippen MR) is 144 cm³/mol. The molecule has 0 aliphatic carbocycles. The molecule has 0 radical (unpaired) electrons. The highest BCUT2D eigenvalue weighted by Gasteiger charge is 2.24. The third kappa shape index (κ3) is 7.13. The van der Waals surface area contributed by atoms with Crippen LogP contribution in [-0.4, -0.2) is 36.4 Å². The van der Waals surface area contributed by atoms with Gasteiger partial charge in [0.15, 0.2) is 5.78 Å². The van der Waals surface area contributed by atoms with Crippen molar-refractivity contribution < 1.29 is 9.53 Å². The summed E-state index contributed by atoms with van der Waals surface area (Å²) in [6.45, 7) is 9.61. The zero-order chi connectivity index (χ0) is 24.7. The second kappa shape index (κ2) is 11.8. The zero-order valence-electron chi connectivity index (χ0n) is 21.5. The van der Waals surface area contributed by atoms with Gasteiger partial charge in [0.2, 0.25) is 0 Å². The van der Waals surface area contributed by atoms with E-state index in [0.29, 0.717) is 6.42 Å². The Morgan fingerprint density at radius 3 is 1.91 bits per heavy atom. The molecule has 184 valence electrons. The number of piperidine rings is 1. The molecule has 0 N–H and O–H groups in total. The lowest BCUT2D eigenvalue weighted by Gasteiger charge is -2.34. The first-order chi connectivity index (χ1) is 16.9. The molecule has 4 rings (SSSR count). The maximum Gasteiger partial charge on any atom is 0.162 e. The van der Waals surface area contributed by atoms with Gasteiger partial charge >= 0.3 is 0 Å². The molecule has 3 aromatic carbocycles. The van der Waals surface area contributed by atoms with Gasteiger partial charge in [0, 0.05) is 25.1 Å². The molecule has 1 aliphatic heterocycles. The average Bonchev–Trinajstić information content (AvgIpc) is 2.88. The number of carbonyl (C=O) groups excluding carboxylic acids is 1. The first-order valence-electron chi connectivity index (χ1n) is 13.0. The fourth-order valence-corrected chi connectivity index (χ4v) is 4.83. The van der Waals surface area contributed by atoms with E-state index in [4.69, 9.17) is 4.74 Å². The van der Waals surface area contributed by atoms with Gasteiger partial charge in [0.05, 0.1) is 6.10 Å². The summed E-state index contributed by atoms with van der Waals surface area (Å²) in [5.74, 6) is 0.247. The maximum absolute atomic E-state index is 12.7. The molecule has 0 saturated carbocycles. The van der Waals surface area contributed by atoms with Gasteiger partial charge in [-0.3, -0.25) is 4.79 Å². The van der Waals surface area contributed by atoms with Crippen molar-refractivity contribution in [3.63, 3.8) is 0 Å². The summed E-state index contributed by atoms with van der Waals surface area (Å²) in [4.78, 5) is 15.1. The van der Waals surface area contributed by atoms with Gasteiger partial charge in [-0.2, -0.15) is 0 Å². The smallest absolute Gasteiger partial charge is 0.162 e. The Morgan fingerprint density at radius 2 is 1.40 bits per heavy atom. The van der Waals surface area contributed by atoms with Gasteiger partial charge in [-0.25, -0.2) is 0 Å². The minimum Gasteiger partial charge on any atom is -0.365 e. The second-order valence-electron chi connectivity index (χ2n) is 10.7. The molecule has 1 aliphatic rings. The van der Waals surface area contributed by atoms with Crippen LogP contribution in [0.3, 0.4) is 0 Å². The summed E-state index contributed by atoms with van der Waals surface area (Å²) in [6, 6.07) is 29.2. The third-order valence-electron chi connectivity index (χ3n) is 7.02. The van der Waals surface area contributed by atoms with Crippen molar-refractivity contribution in [2.24, 2.45) is 0 Å². The topological polar surface area (TPSA) is 29.5 Å². The Bertz CT molecular complexity index is 1010. The quantitative estimate of drug-likeness (QED) is 0.306. The van der Waals surface area contributed by atoms with Crippen LogP contribution in [-0.2, 0) is 10.2 Å². The van der Waals surface area contributed by atoms with Gasteiger partial charge in [0.1, 0.15) is 6.10 Å². The van der Waals surface area contributed by atoms with Crippen LogP contribution in [0.1, 0.15) is 79.6 Å². The fraction of sp³-hybridized carbons (Fsp3) is 0.406. The molecular weight excluding hydrogens is 436 g/mol. The van der Waals surface area contributed by atoms with E-state index in [-0.39, 0.29) is 23.4 Å². The molecular formula is C32H39NO2. The van der Waals surface area contributed by atoms with Crippen molar-refractivity contribution in [2.45, 2.75) is 64.1 Å². The number of nitrogens with zero attached hydrogens (tertiary/aromatic N) is 1. The lowest BCUT2D eigenvalue weighted by molar-refractivity contribution is -0.0270. The van der Waals surface area contributed by atoms with E-state index >= 15 is 0 Å². The molecule has 1 heterocycles. The molecule has 3 heteroatoms. The van der Waals surface area contributed by atoms with Gasteiger partial charge in [-0.1, -0.05) is 106 Å². The average molecular weight is 476 g/mol. The van der Waals surface area contributed by atoms with E-state index in [9.17, 15) is 4.79 Å². The molecule has 1 unspecified atom stereocenters. The molecule has 0 bridgehead atoms. The normalized spacial score (nSPS) is 16.2. The van der Waals surface area contributed by atoms with Gasteiger partial charge in [0.25, 0.3) is 0 Å². The van der Waals surface area contributed by atoms with E-state index in [1.165, 1.54) is 16.7 Å². The number of rotatable bonds is 9. The Hall–Kier alpha value is -2.75. The maximum atomic E-state index is 12.7. The van der Waals surface area contributed by atoms with Gasteiger partial charge in [-0.05, 0) is 47.9 Å². The van der Waals surface area contributed by atoms with Crippen LogP contribution in [0.15, 0.2) is 84.9 Å². The van der Waals surface area contributed by atoms with Crippen LogP contribution in [0.25, 0.3) is 0 Å². The number of Topliss-reactive ketones (excluding diaryl/α,β-unsaturated/α-hetero) is 1. The molecule has 1 saturated heterocycles. The second-order valence-corrected chi connectivity index (χ2v) is 10.7. The van der Waals surface area contributed by atoms with E-state index in [2.05, 4.69) is 98.5 Å². The summed E-state index contributed by atoms with van der Waals surface area (Å²) in [5, 5.41) is 0. The van der Waals surface area contributed by atoms with Crippen molar-refractivity contribution in [2.75, 3.05) is 19.6 Å². The molecule has 0 spiro atoms. The standard InChI is InChI=1S/C32H39NO2/c1-32(2,3)28-18-16-25(17-19-28)30(34)15-10-22-33-23-20-29(21-24-33)35-31(26-11-6-4-7-12-26)27-13-8-5-9-14-27/h4-9,11-14,16-19,29,31H,10,15,20-24H2,1-3H3/i4+1,6+1,7+1,11+1,12+1,26+1. The van der Waals surface area contributed by atoms with Crippen LogP contribution < -0.4 is 0 Å². The number of hydrogen-bond donors (Lipinski definition) is 0. The first kappa shape index (κ1) is 25.3. The first-order valence-corrected chi connectivity index (χ1v) is 13.0. The number of likely N-dealkylation sites (tertiary alicyclic amines) is 1. The van der Waals surface area contributed by atoms with Crippen LogP contribution in [0, 0.1) is 0 Å². The summed E-state index contributed by atoms with van der Waals surface area (Å²) >= 11 is 0. The van der Waals surface area contributed by atoms with Crippen LogP contribution in [0.2, 0.25) is 0 Å². The lowest BCUT2D eigenvalue weighted by Crippen LogP contribution is -2.38. The largest absolute Gasteiger partial charge is 0.365 e. The van der Waals surface area contributed by atoms with Crippen molar-refractivity contribution in [3.8, 4) is 0 Å². The molecule has 1 atom stereocenters. The van der Waals surface area contributed by atoms with Crippen LogP contribution >= 0.6 is 0 Å². The predicted octanol–water partition coefficient (Wildman–Crippen LogP) is 7.22. The summed E-state index contributed by atoms with van der Waals surface area (Å²) < 4.78 is 6.67. The molecule has 1 fully saturated rings. The summed E-state index contributed by atoms with van der Waals surface area (Å²) in [7, 11) is 0. The van der Waals surface area contributed by atoms with E-state index in [1.807, 2.05) is 12.1 Å². The SMILES string of the molecule is CC(C)(C)c1ccc(C(=O)CCCN2CCC(OC(c3ccccc3)[13c]3[13cH][13cH][13cH][13cH][13cH]3)CC2)cc1. The van der Waals surface area contributed by atoms with Gasteiger partial charge in [-0.15, -0.1) is 0 Å². The van der Waals surface area contributed by atoms with Crippen molar-refractivity contribution in [1.82, 2.24) is 4.90 Å². The summed E-state index contributed by atoms with van der Waals surface area (Å²) in [5.41, 5.74) is 4.61. The Labute approximate surface area is 211 Å². The highest BCUT2D eigenvalue weighted by molar-refractivity contribution is 5.96. The number of ketones is 1. The molecule has 0 aromatic heterocycles. The zero-order valence-corrected chi connectivity index (χ0v) is 21.5. The lowest BCUT2D eigenvalue weighted by atomic mass is 9.86. The molecule has 3 nitrogen and oxygen atoms in total. The Balaban J connectivity index is 1.24. The highest BCUT2D eigenvalue weighted by Crippen LogP contribution is 2.30. The Kier molecular flexibility index (Phi) is 8.54.